The first kappa shape index (κ1) is 33.1. The van der Waals surface area contributed by atoms with Crippen molar-refractivity contribution in [1.29, 1.82) is 0 Å². The molecule has 0 fully saturated rings. The Labute approximate surface area is 248 Å². The van der Waals surface area contributed by atoms with Crippen molar-refractivity contribution in [2.24, 2.45) is 9.98 Å². The van der Waals surface area contributed by atoms with E-state index < -0.39 is 0 Å². The van der Waals surface area contributed by atoms with Gasteiger partial charge in [0, 0.05) is 60.9 Å². The molecular formula is C34H49N7. The molecule has 2 rings (SSSR count). The number of fused-ring (bicyclic) bond motifs is 1. The number of nitrogens with zero attached hydrogens (tertiary/aromatic N) is 4. The SMILES string of the molecule is C=CC(=C)NC(=C\NC)/C=C(NCN=C(/C=C\N=C)c1cc(C)c2c(c1)CCCN2C(=C)C)\C(C)=C/CCN(C)C. The van der Waals surface area contributed by atoms with E-state index in [0.717, 1.165) is 66.3 Å². The molecule has 0 unspecified atom stereocenters. The van der Waals surface area contributed by atoms with Crippen molar-refractivity contribution in [2.45, 2.75) is 40.0 Å². The highest BCUT2D eigenvalue weighted by Gasteiger charge is 2.21. The van der Waals surface area contributed by atoms with Gasteiger partial charge in [0.2, 0.25) is 0 Å². The van der Waals surface area contributed by atoms with Crippen LogP contribution in [0, 0.1) is 6.92 Å². The van der Waals surface area contributed by atoms with Crippen LogP contribution in [-0.2, 0) is 6.42 Å². The van der Waals surface area contributed by atoms with Crippen molar-refractivity contribution in [3.8, 4) is 0 Å². The lowest BCUT2D eigenvalue weighted by atomic mass is 9.93. The lowest BCUT2D eigenvalue weighted by Gasteiger charge is -2.33. The van der Waals surface area contributed by atoms with E-state index >= 15 is 0 Å². The van der Waals surface area contributed by atoms with Gasteiger partial charge in [-0.2, -0.15) is 0 Å². The number of aryl methyl sites for hydroxylation is 2. The number of hydrogen-bond acceptors (Lipinski definition) is 7. The molecule has 3 N–H and O–H groups in total. The lowest BCUT2D eigenvalue weighted by Crippen LogP contribution is -2.28. The number of hydrogen-bond donors (Lipinski definition) is 3. The molecule has 0 atom stereocenters. The number of nitrogens with one attached hydrogen (secondary N) is 3. The first-order valence-electron chi connectivity index (χ1n) is 14.1. The Morgan fingerprint density at radius 3 is 2.59 bits per heavy atom. The van der Waals surface area contributed by atoms with Crippen molar-refractivity contribution in [3.05, 3.63) is 114 Å². The molecule has 41 heavy (non-hydrogen) atoms. The van der Waals surface area contributed by atoms with E-state index in [1.165, 1.54) is 16.8 Å². The van der Waals surface area contributed by atoms with Crippen LogP contribution >= 0.6 is 0 Å². The lowest BCUT2D eigenvalue weighted by molar-refractivity contribution is 0.417. The predicted octanol–water partition coefficient (Wildman–Crippen LogP) is 5.96. The van der Waals surface area contributed by atoms with Crippen LogP contribution < -0.4 is 20.9 Å². The fraction of sp³-hybridized carbons (Fsp3) is 0.353. The Morgan fingerprint density at radius 1 is 1.20 bits per heavy atom. The van der Waals surface area contributed by atoms with E-state index in [1.54, 1.807) is 12.3 Å². The van der Waals surface area contributed by atoms with Crippen molar-refractivity contribution in [2.75, 3.05) is 45.8 Å². The molecule has 7 nitrogen and oxygen atoms in total. The Kier molecular flexibility index (Phi) is 13.6. The van der Waals surface area contributed by atoms with Gasteiger partial charge in [0.05, 0.1) is 11.4 Å². The molecule has 1 aliphatic rings. The molecule has 220 valence electrons. The van der Waals surface area contributed by atoms with Crippen LogP contribution in [-0.4, -0.2) is 58.2 Å². The molecule has 1 aliphatic heterocycles. The Hall–Kier alpha value is -4.10. The Balaban J connectivity index is 2.45. The number of benzene rings is 1. The van der Waals surface area contributed by atoms with Gasteiger partial charge in [0.15, 0.2) is 0 Å². The Morgan fingerprint density at radius 2 is 1.95 bits per heavy atom. The summed E-state index contributed by atoms with van der Waals surface area (Å²) in [7, 11) is 6.03. The average molecular weight is 556 g/mol. The summed E-state index contributed by atoms with van der Waals surface area (Å²) in [6.45, 7) is 24.3. The molecular weight excluding hydrogens is 506 g/mol. The van der Waals surface area contributed by atoms with Crippen molar-refractivity contribution in [1.82, 2.24) is 20.9 Å². The molecule has 0 spiro atoms. The van der Waals surface area contributed by atoms with Crippen LogP contribution in [0.2, 0.25) is 0 Å². The number of aliphatic imine (C=N–C) groups is 2. The van der Waals surface area contributed by atoms with E-state index in [2.05, 4.69) is 116 Å². The maximum absolute atomic E-state index is 4.97. The third-order valence-corrected chi connectivity index (χ3v) is 6.69. The molecule has 0 saturated carbocycles. The molecule has 1 heterocycles. The van der Waals surface area contributed by atoms with Crippen molar-refractivity contribution < 1.29 is 0 Å². The summed E-state index contributed by atoms with van der Waals surface area (Å²) in [5, 5.41) is 9.92. The Bertz CT molecular complexity index is 1260. The van der Waals surface area contributed by atoms with Crippen LogP contribution in [0.3, 0.4) is 0 Å². The van der Waals surface area contributed by atoms with Crippen molar-refractivity contribution in [3.63, 3.8) is 0 Å². The maximum atomic E-state index is 4.97. The third kappa shape index (κ3) is 10.4. The largest absolute Gasteiger partial charge is 0.392 e. The second kappa shape index (κ2) is 16.9. The van der Waals surface area contributed by atoms with Gasteiger partial charge in [-0.05, 0) is 108 Å². The molecule has 7 heteroatoms. The first-order chi connectivity index (χ1) is 19.6. The van der Waals surface area contributed by atoms with Crippen LogP contribution in [0.1, 0.15) is 43.4 Å². The third-order valence-electron chi connectivity index (χ3n) is 6.69. The van der Waals surface area contributed by atoms with E-state index in [0.29, 0.717) is 12.4 Å². The topological polar surface area (TPSA) is 67.3 Å². The van der Waals surface area contributed by atoms with E-state index in [1.807, 2.05) is 19.3 Å². The highest BCUT2D eigenvalue weighted by molar-refractivity contribution is 6.09. The van der Waals surface area contributed by atoms with Crippen molar-refractivity contribution >= 4 is 18.1 Å². The molecule has 0 aromatic heterocycles. The normalized spacial score (nSPS) is 14.7. The summed E-state index contributed by atoms with van der Waals surface area (Å²) in [5.41, 5.74) is 10.5. The first-order valence-corrected chi connectivity index (χ1v) is 14.1. The number of allylic oxidation sites excluding steroid dienone is 5. The number of rotatable bonds is 16. The van der Waals surface area contributed by atoms with Gasteiger partial charge in [-0.25, -0.2) is 0 Å². The standard InChI is InChI=1S/C34H49N7/c1-11-28(6)39-31(23-36-8)22-33(26(4)14-12-18-40(9)10)38-24-37-32(16-17-35-7)30-20-27(5)34-29(21-30)15-13-19-41(34)25(2)3/h11,14,16-17,20-23,36,38-39H,1-2,6-7,12-13,15,18-19,24H2,3-5,8-10H3/b17-16-,26-14-,31-23-,33-22+,37-32?. The summed E-state index contributed by atoms with van der Waals surface area (Å²) in [5.74, 6) is 0. The predicted molar refractivity (Wildman–Crippen MR) is 180 cm³/mol. The maximum Gasteiger partial charge on any atom is 0.108 e. The average Bonchev–Trinajstić information content (AvgIpc) is 2.93. The quantitative estimate of drug-likeness (QED) is 0.173. The fourth-order valence-corrected chi connectivity index (χ4v) is 4.69. The summed E-state index contributed by atoms with van der Waals surface area (Å²) in [6, 6.07) is 4.46. The van der Waals surface area contributed by atoms with Crippen LogP contribution in [0.25, 0.3) is 0 Å². The van der Waals surface area contributed by atoms with Gasteiger partial charge in [-0.15, -0.1) is 0 Å². The minimum Gasteiger partial charge on any atom is -0.392 e. The molecule has 1 aromatic carbocycles. The van der Waals surface area contributed by atoms with Gasteiger partial charge in [0.1, 0.15) is 6.67 Å². The van der Waals surface area contributed by atoms with Gasteiger partial charge in [-0.3, -0.25) is 9.98 Å². The summed E-state index contributed by atoms with van der Waals surface area (Å²) < 4.78 is 0. The van der Waals surface area contributed by atoms with E-state index in [4.69, 9.17) is 4.99 Å². The minimum atomic E-state index is 0.380. The van der Waals surface area contributed by atoms with Crippen LogP contribution in [0.15, 0.2) is 107 Å². The summed E-state index contributed by atoms with van der Waals surface area (Å²) in [4.78, 5) is 13.4. The second-order valence-electron chi connectivity index (χ2n) is 10.4. The highest BCUT2D eigenvalue weighted by Crippen LogP contribution is 2.34. The van der Waals surface area contributed by atoms with E-state index in [9.17, 15) is 0 Å². The van der Waals surface area contributed by atoms with Gasteiger partial charge in [-0.1, -0.05) is 25.8 Å². The van der Waals surface area contributed by atoms with Gasteiger partial charge >= 0.3 is 0 Å². The zero-order chi connectivity index (χ0) is 30.4. The van der Waals surface area contributed by atoms with E-state index in [-0.39, 0.29) is 0 Å². The molecule has 0 amide bonds. The molecule has 0 bridgehead atoms. The highest BCUT2D eigenvalue weighted by atomic mass is 15.1. The monoisotopic (exact) mass is 555 g/mol. The van der Waals surface area contributed by atoms with Gasteiger partial charge in [0.25, 0.3) is 0 Å². The molecule has 0 saturated heterocycles. The second-order valence-corrected chi connectivity index (χ2v) is 10.4. The molecule has 0 aliphatic carbocycles. The zero-order valence-corrected chi connectivity index (χ0v) is 26.0. The minimum absolute atomic E-state index is 0.380. The molecule has 1 aromatic rings. The smallest absolute Gasteiger partial charge is 0.108 e. The molecule has 0 radical (unpaired) electrons. The zero-order valence-electron chi connectivity index (χ0n) is 26.0. The fourth-order valence-electron chi connectivity index (χ4n) is 4.69. The summed E-state index contributed by atoms with van der Waals surface area (Å²) >= 11 is 0. The van der Waals surface area contributed by atoms with Gasteiger partial charge < -0.3 is 25.8 Å². The number of anilines is 1. The summed E-state index contributed by atoms with van der Waals surface area (Å²) in [6.07, 6.45) is 14.6. The van der Waals surface area contributed by atoms with Crippen LogP contribution in [0.4, 0.5) is 5.69 Å². The van der Waals surface area contributed by atoms with Crippen LogP contribution in [0.5, 0.6) is 0 Å².